The first kappa shape index (κ1) is 7.22. The summed E-state index contributed by atoms with van der Waals surface area (Å²) in [6.07, 6.45) is 1.61. The van der Waals surface area contributed by atoms with Crippen molar-refractivity contribution in [2.24, 2.45) is 0 Å². The van der Waals surface area contributed by atoms with E-state index >= 15 is 0 Å². The number of hydrogen-bond acceptors (Lipinski definition) is 2. The van der Waals surface area contributed by atoms with Crippen molar-refractivity contribution in [3.05, 3.63) is 47.8 Å². The fraction of sp³-hybridized carbons (Fsp3) is 0.100. The van der Waals surface area contributed by atoms with Crippen LogP contribution in [0.25, 0.3) is 0 Å². The van der Waals surface area contributed by atoms with Gasteiger partial charge >= 0.3 is 0 Å². The van der Waals surface area contributed by atoms with Gasteiger partial charge in [0.25, 0.3) is 5.95 Å². The Balaban J connectivity index is 2.48. The predicted molar refractivity (Wildman–Crippen MR) is 45.8 cm³/mol. The maximum atomic E-state index is 9.14. The third-order valence-electron chi connectivity index (χ3n) is 1.87. The largest absolute Gasteiger partial charge is 0.481 e. The lowest BCUT2D eigenvalue weighted by molar-refractivity contribution is 0.202. The Bertz CT molecular complexity index is 328. The normalized spacial score (nSPS) is 16.2. The predicted octanol–water partition coefficient (Wildman–Crippen LogP) is 2.42. The molecular formula is C10H9O2. The maximum Gasteiger partial charge on any atom is 0.278 e. The van der Waals surface area contributed by atoms with Crippen LogP contribution < -0.4 is 4.74 Å². The van der Waals surface area contributed by atoms with Crippen LogP contribution in [0, 0.1) is 5.92 Å². The first-order chi connectivity index (χ1) is 5.77. The van der Waals surface area contributed by atoms with Crippen molar-refractivity contribution >= 4 is 0 Å². The lowest BCUT2D eigenvalue weighted by Crippen LogP contribution is -2.07. The van der Waals surface area contributed by atoms with Crippen molar-refractivity contribution in [3.63, 3.8) is 0 Å². The molecule has 0 unspecified atom stereocenters. The molecule has 61 valence electrons. The summed E-state index contributed by atoms with van der Waals surface area (Å²) in [4.78, 5) is 0. The molecule has 0 bridgehead atoms. The average molecular weight is 161 g/mol. The molecule has 2 heteroatoms. The van der Waals surface area contributed by atoms with Crippen LogP contribution >= 0.6 is 0 Å². The molecule has 2 nitrogen and oxygen atoms in total. The number of ether oxygens (including phenoxy) is 1. The molecule has 0 aliphatic carbocycles. The quantitative estimate of drug-likeness (QED) is 0.633. The van der Waals surface area contributed by atoms with E-state index in [0.717, 1.165) is 17.2 Å². The number of allylic oxidation sites excluding steroid dienone is 1. The van der Waals surface area contributed by atoms with Crippen molar-refractivity contribution in [2.75, 3.05) is 0 Å². The number of hydrogen-bond donors (Lipinski definition) is 1. The van der Waals surface area contributed by atoms with Gasteiger partial charge in [-0.3, -0.25) is 0 Å². The van der Waals surface area contributed by atoms with Crippen molar-refractivity contribution in [2.45, 2.75) is 6.92 Å². The summed E-state index contributed by atoms with van der Waals surface area (Å²) in [7, 11) is 0. The van der Waals surface area contributed by atoms with Crippen LogP contribution in [0.3, 0.4) is 0 Å². The highest BCUT2D eigenvalue weighted by atomic mass is 16.6. The third kappa shape index (κ3) is 1.05. The lowest BCUT2D eigenvalue weighted by atomic mass is 9.99. The summed E-state index contributed by atoms with van der Waals surface area (Å²) in [6, 6.07) is 7.63. The van der Waals surface area contributed by atoms with E-state index in [0.29, 0.717) is 0 Å². The summed E-state index contributed by atoms with van der Waals surface area (Å²) in [6.45, 7) is 1.94. The SMILES string of the molecule is C[C]1C=C(O)Oc2ccccc21. The lowest BCUT2D eigenvalue weighted by Gasteiger charge is -2.18. The second kappa shape index (κ2) is 2.55. The summed E-state index contributed by atoms with van der Waals surface area (Å²) in [5.74, 6) is 1.70. The average Bonchev–Trinajstić information content (AvgIpc) is 2.04. The topological polar surface area (TPSA) is 29.5 Å². The van der Waals surface area contributed by atoms with E-state index in [2.05, 4.69) is 0 Å². The zero-order valence-corrected chi connectivity index (χ0v) is 6.74. The van der Waals surface area contributed by atoms with Crippen LogP contribution in [0.5, 0.6) is 5.75 Å². The van der Waals surface area contributed by atoms with Gasteiger partial charge in [-0.1, -0.05) is 25.1 Å². The molecule has 0 atom stereocenters. The number of para-hydroxylation sites is 1. The minimum Gasteiger partial charge on any atom is -0.481 e. The fourth-order valence-electron chi connectivity index (χ4n) is 1.29. The molecule has 0 saturated carbocycles. The van der Waals surface area contributed by atoms with Gasteiger partial charge in [0, 0.05) is 17.6 Å². The van der Waals surface area contributed by atoms with Crippen molar-refractivity contribution < 1.29 is 9.84 Å². The van der Waals surface area contributed by atoms with Crippen LogP contribution in [0.4, 0.5) is 0 Å². The number of rotatable bonds is 0. The van der Waals surface area contributed by atoms with E-state index in [1.165, 1.54) is 0 Å². The molecule has 2 rings (SSSR count). The Kier molecular flexibility index (Phi) is 1.54. The van der Waals surface area contributed by atoms with Gasteiger partial charge in [0.1, 0.15) is 5.75 Å². The van der Waals surface area contributed by atoms with E-state index in [9.17, 15) is 0 Å². The highest BCUT2D eigenvalue weighted by Gasteiger charge is 2.17. The molecule has 1 heterocycles. The van der Waals surface area contributed by atoms with E-state index in [4.69, 9.17) is 9.84 Å². The highest BCUT2D eigenvalue weighted by molar-refractivity contribution is 5.49. The molecular weight excluding hydrogens is 152 g/mol. The Labute approximate surface area is 71.1 Å². The Morgan fingerprint density at radius 2 is 2.00 bits per heavy atom. The van der Waals surface area contributed by atoms with Gasteiger partial charge in [-0.2, -0.15) is 0 Å². The molecule has 1 radical (unpaired) electrons. The molecule has 1 aromatic rings. The number of benzene rings is 1. The molecule has 0 fully saturated rings. The maximum absolute atomic E-state index is 9.14. The number of aliphatic hydroxyl groups is 1. The smallest absolute Gasteiger partial charge is 0.278 e. The fourth-order valence-corrected chi connectivity index (χ4v) is 1.29. The zero-order chi connectivity index (χ0) is 8.55. The number of aliphatic hydroxyl groups excluding tert-OH is 1. The molecule has 0 spiro atoms. The first-order valence-electron chi connectivity index (χ1n) is 3.79. The van der Waals surface area contributed by atoms with E-state index in [-0.39, 0.29) is 5.95 Å². The molecule has 1 aromatic carbocycles. The van der Waals surface area contributed by atoms with Crippen molar-refractivity contribution in [1.29, 1.82) is 0 Å². The van der Waals surface area contributed by atoms with Gasteiger partial charge in [0.05, 0.1) is 0 Å². The Morgan fingerprint density at radius 1 is 1.25 bits per heavy atom. The van der Waals surface area contributed by atoms with Gasteiger partial charge < -0.3 is 9.84 Å². The van der Waals surface area contributed by atoms with E-state index in [1.807, 2.05) is 31.2 Å². The standard InChI is InChI=1S/C10H9O2/c1-7-6-10(11)12-9-5-3-2-4-8(7)9/h2-6,11H,1H3. The Hall–Kier alpha value is -1.44. The highest BCUT2D eigenvalue weighted by Crippen LogP contribution is 2.31. The van der Waals surface area contributed by atoms with Gasteiger partial charge in [-0.25, -0.2) is 0 Å². The Morgan fingerprint density at radius 3 is 2.83 bits per heavy atom. The van der Waals surface area contributed by atoms with E-state index < -0.39 is 0 Å². The van der Waals surface area contributed by atoms with Gasteiger partial charge in [-0.05, 0) is 6.07 Å². The molecule has 1 aliphatic heterocycles. The molecule has 12 heavy (non-hydrogen) atoms. The summed E-state index contributed by atoms with van der Waals surface area (Å²) < 4.78 is 5.10. The van der Waals surface area contributed by atoms with E-state index in [1.54, 1.807) is 6.08 Å². The minimum atomic E-state index is -0.0359. The molecule has 1 aliphatic rings. The zero-order valence-electron chi connectivity index (χ0n) is 6.74. The van der Waals surface area contributed by atoms with Crippen LogP contribution in [0.2, 0.25) is 0 Å². The van der Waals surface area contributed by atoms with Crippen molar-refractivity contribution in [3.8, 4) is 5.75 Å². The molecule has 1 N–H and O–H groups in total. The first-order valence-corrected chi connectivity index (χ1v) is 3.79. The van der Waals surface area contributed by atoms with Crippen LogP contribution in [0.15, 0.2) is 36.3 Å². The summed E-state index contributed by atoms with van der Waals surface area (Å²) >= 11 is 0. The van der Waals surface area contributed by atoms with Gasteiger partial charge in [0.2, 0.25) is 0 Å². The summed E-state index contributed by atoms with van der Waals surface area (Å²) in [5.41, 5.74) is 1.04. The van der Waals surface area contributed by atoms with Gasteiger partial charge in [-0.15, -0.1) is 0 Å². The van der Waals surface area contributed by atoms with Crippen LogP contribution in [-0.2, 0) is 0 Å². The molecule has 0 aromatic heterocycles. The third-order valence-corrected chi connectivity index (χ3v) is 1.87. The monoisotopic (exact) mass is 161 g/mol. The van der Waals surface area contributed by atoms with Crippen LogP contribution in [0.1, 0.15) is 12.5 Å². The number of fused-ring (bicyclic) bond motifs is 1. The molecule has 0 amide bonds. The second-order valence-electron chi connectivity index (χ2n) is 2.76. The molecule has 0 saturated heterocycles. The second-order valence-corrected chi connectivity index (χ2v) is 2.76. The van der Waals surface area contributed by atoms with Crippen LogP contribution in [-0.4, -0.2) is 5.11 Å². The van der Waals surface area contributed by atoms with Gasteiger partial charge in [0.15, 0.2) is 0 Å². The summed E-state index contributed by atoms with van der Waals surface area (Å²) in [5, 5.41) is 9.14. The van der Waals surface area contributed by atoms with Crippen molar-refractivity contribution in [1.82, 2.24) is 0 Å². The minimum absolute atomic E-state index is 0.0359.